The summed E-state index contributed by atoms with van der Waals surface area (Å²) in [5.41, 5.74) is 9.07. The Labute approximate surface area is 181 Å². The molecule has 0 radical (unpaired) electrons. The van der Waals surface area contributed by atoms with Crippen LogP contribution in [0.15, 0.2) is 66.2 Å². The molecule has 0 aliphatic carbocycles. The average molecular weight is 493 g/mol. The number of hydrogen-bond donors (Lipinski definition) is 2. The SMILES string of the molecule is COc1ccc(NC(N)=NCc2cccc(Cn3ccnc3)c2)cc1OC.I. The summed E-state index contributed by atoms with van der Waals surface area (Å²) in [5.74, 6) is 1.62. The van der Waals surface area contributed by atoms with Crippen LogP contribution in [0.1, 0.15) is 11.1 Å². The molecule has 7 nitrogen and oxygen atoms in total. The minimum absolute atomic E-state index is 0. The Kier molecular flexibility index (Phi) is 8.12. The maximum atomic E-state index is 6.02. The first-order chi connectivity index (χ1) is 13.2. The van der Waals surface area contributed by atoms with E-state index in [9.17, 15) is 0 Å². The van der Waals surface area contributed by atoms with Crippen LogP contribution in [0.4, 0.5) is 5.69 Å². The Morgan fingerprint density at radius 3 is 2.61 bits per heavy atom. The first-order valence-electron chi connectivity index (χ1n) is 8.50. The molecule has 0 spiro atoms. The molecule has 3 rings (SSSR count). The molecule has 0 bridgehead atoms. The number of hydrogen-bond acceptors (Lipinski definition) is 4. The van der Waals surface area contributed by atoms with Crippen molar-refractivity contribution < 1.29 is 9.47 Å². The molecule has 0 saturated carbocycles. The van der Waals surface area contributed by atoms with Gasteiger partial charge in [0.15, 0.2) is 17.5 Å². The van der Waals surface area contributed by atoms with Crippen molar-refractivity contribution >= 4 is 35.6 Å². The van der Waals surface area contributed by atoms with Crippen LogP contribution >= 0.6 is 24.0 Å². The number of imidazole rings is 1. The number of ether oxygens (including phenoxy) is 2. The first kappa shape index (κ1) is 21.5. The number of rotatable bonds is 7. The fourth-order valence-electron chi connectivity index (χ4n) is 2.70. The first-order valence-corrected chi connectivity index (χ1v) is 8.50. The quantitative estimate of drug-likeness (QED) is 0.299. The second-order valence-electron chi connectivity index (χ2n) is 5.95. The Morgan fingerprint density at radius 2 is 1.89 bits per heavy atom. The van der Waals surface area contributed by atoms with Crippen molar-refractivity contribution in [2.45, 2.75) is 13.1 Å². The van der Waals surface area contributed by atoms with E-state index in [1.165, 1.54) is 5.56 Å². The lowest BCUT2D eigenvalue weighted by atomic mass is 10.1. The highest BCUT2D eigenvalue weighted by Crippen LogP contribution is 2.29. The van der Waals surface area contributed by atoms with E-state index in [0.717, 1.165) is 17.8 Å². The van der Waals surface area contributed by atoms with E-state index < -0.39 is 0 Å². The van der Waals surface area contributed by atoms with Crippen LogP contribution in [-0.2, 0) is 13.1 Å². The number of methoxy groups -OCH3 is 2. The highest BCUT2D eigenvalue weighted by Gasteiger charge is 2.05. The van der Waals surface area contributed by atoms with Crippen LogP contribution in [0.2, 0.25) is 0 Å². The lowest BCUT2D eigenvalue weighted by Gasteiger charge is -2.11. The number of benzene rings is 2. The molecular weight excluding hydrogens is 469 g/mol. The molecule has 0 amide bonds. The molecule has 148 valence electrons. The third-order valence-corrected chi connectivity index (χ3v) is 4.00. The highest BCUT2D eigenvalue weighted by atomic mass is 127. The molecule has 0 aliphatic heterocycles. The van der Waals surface area contributed by atoms with Gasteiger partial charge in [0.1, 0.15) is 0 Å². The zero-order valence-electron chi connectivity index (χ0n) is 15.8. The number of aliphatic imine (C=N–C) groups is 1. The molecular formula is C20H24IN5O2. The third-order valence-electron chi connectivity index (χ3n) is 4.00. The molecule has 0 saturated heterocycles. The van der Waals surface area contributed by atoms with Gasteiger partial charge in [-0.3, -0.25) is 0 Å². The summed E-state index contributed by atoms with van der Waals surface area (Å²) >= 11 is 0. The van der Waals surface area contributed by atoms with Crippen LogP contribution in [0.3, 0.4) is 0 Å². The number of nitrogens with one attached hydrogen (secondary N) is 1. The zero-order chi connectivity index (χ0) is 19.1. The van der Waals surface area contributed by atoms with Crippen LogP contribution in [0.25, 0.3) is 0 Å². The van der Waals surface area contributed by atoms with Gasteiger partial charge in [-0.25, -0.2) is 9.98 Å². The molecule has 1 aromatic heterocycles. The summed E-state index contributed by atoms with van der Waals surface area (Å²) in [7, 11) is 3.19. The van der Waals surface area contributed by atoms with Gasteiger partial charge in [-0.1, -0.05) is 24.3 Å². The minimum Gasteiger partial charge on any atom is -0.493 e. The van der Waals surface area contributed by atoms with Crippen molar-refractivity contribution in [3.8, 4) is 11.5 Å². The molecule has 8 heteroatoms. The van der Waals surface area contributed by atoms with Crippen LogP contribution in [0.5, 0.6) is 11.5 Å². The van der Waals surface area contributed by atoms with E-state index in [4.69, 9.17) is 15.2 Å². The van der Waals surface area contributed by atoms with E-state index in [2.05, 4.69) is 27.4 Å². The molecule has 1 heterocycles. The van der Waals surface area contributed by atoms with Crippen molar-refractivity contribution in [2.24, 2.45) is 10.7 Å². The maximum absolute atomic E-state index is 6.02. The molecule has 3 N–H and O–H groups in total. The van der Waals surface area contributed by atoms with Gasteiger partial charge in [-0.05, 0) is 23.3 Å². The van der Waals surface area contributed by atoms with Gasteiger partial charge in [-0.2, -0.15) is 0 Å². The van der Waals surface area contributed by atoms with Gasteiger partial charge >= 0.3 is 0 Å². The highest BCUT2D eigenvalue weighted by molar-refractivity contribution is 14.0. The number of guanidine groups is 1. The molecule has 0 atom stereocenters. The molecule has 2 aromatic carbocycles. The van der Waals surface area contributed by atoms with Crippen molar-refractivity contribution in [1.29, 1.82) is 0 Å². The van der Waals surface area contributed by atoms with Crippen LogP contribution in [0, 0.1) is 0 Å². The van der Waals surface area contributed by atoms with Gasteiger partial charge in [0.2, 0.25) is 0 Å². The van der Waals surface area contributed by atoms with Crippen molar-refractivity contribution in [3.05, 3.63) is 72.3 Å². The maximum Gasteiger partial charge on any atom is 0.193 e. The summed E-state index contributed by atoms with van der Waals surface area (Å²) < 4.78 is 12.5. The van der Waals surface area contributed by atoms with Crippen molar-refractivity contribution in [3.63, 3.8) is 0 Å². The third kappa shape index (κ3) is 5.88. The van der Waals surface area contributed by atoms with Crippen molar-refractivity contribution in [2.75, 3.05) is 19.5 Å². The van der Waals surface area contributed by atoms with E-state index in [1.54, 1.807) is 26.7 Å². The number of anilines is 1. The average Bonchev–Trinajstić information content (AvgIpc) is 3.19. The standard InChI is InChI=1S/C20H23N5O2.HI/c1-26-18-7-6-17(11-19(18)27-2)24-20(21)23-12-15-4-3-5-16(10-15)13-25-9-8-22-14-25;/h3-11,14H,12-13H2,1-2H3,(H3,21,23,24);1H. The molecule has 3 aromatic rings. The normalized spacial score (nSPS) is 10.9. The Bertz CT molecular complexity index is 913. The van der Waals surface area contributed by atoms with E-state index in [1.807, 2.05) is 41.1 Å². The Balaban J connectivity index is 0.00000280. The van der Waals surface area contributed by atoms with Gasteiger partial charge in [-0.15, -0.1) is 24.0 Å². The predicted molar refractivity (Wildman–Crippen MR) is 122 cm³/mol. The summed E-state index contributed by atoms with van der Waals surface area (Å²) in [4.78, 5) is 8.48. The molecule has 0 aliphatic rings. The zero-order valence-corrected chi connectivity index (χ0v) is 18.2. The fraction of sp³-hybridized carbons (Fsp3) is 0.200. The number of aromatic nitrogens is 2. The lowest BCUT2D eigenvalue weighted by Crippen LogP contribution is -2.22. The second kappa shape index (κ2) is 10.5. The van der Waals surface area contributed by atoms with Crippen molar-refractivity contribution in [1.82, 2.24) is 9.55 Å². The van der Waals surface area contributed by atoms with E-state index in [0.29, 0.717) is 24.0 Å². The monoisotopic (exact) mass is 493 g/mol. The summed E-state index contributed by atoms with van der Waals surface area (Å²) in [6.45, 7) is 1.26. The minimum atomic E-state index is 0. The lowest BCUT2D eigenvalue weighted by molar-refractivity contribution is 0.355. The van der Waals surface area contributed by atoms with Crippen LogP contribution in [-0.4, -0.2) is 29.7 Å². The van der Waals surface area contributed by atoms with Gasteiger partial charge in [0, 0.05) is 30.7 Å². The fourth-order valence-corrected chi connectivity index (χ4v) is 2.70. The molecule has 0 fully saturated rings. The van der Waals surface area contributed by atoms with E-state index in [-0.39, 0.29) is 24.0 Å². The summed E-state index contributed by atoms with van der Waals surface area (Å²) in [6, 6.07) is 13.7. The number of halogens is 1. The van der Waals surface area contributed by atoms with Gasteiger partial charge < -0.3 is 25.1 Å². The predicted octanol–water partition coefficient (Wildman–Crippen LogP) is 3.49. The molecule has 0 unspecified atom stereocenters. The van der Waals surface area contributed by atoms with Gasteiger partial charge in [0.25, 0.3) is 0 Å². The topological polar surface area (TPSA) is 86.7 Å². The largest absolute Gasteiger partial charge is 0.493 e. The second-order valence-corrected chi connectivity index (χ2v) is 5.95. The van der Waals surface area contributed by atoms with Gasteiger partial charge in [0.05, 0.1) is 27.1 Å². The number of nitrogens with zero attached hydrogens (tertiary/aromatic N) is 3. The summed E-state index contributed by atoms with van der Waals surface area (Å²) in [6.07, 6.45) is 5.51. The molecule has 28 heavy (non-hydrogen) atoms. The number of nitrogens with two attached hydrogens (primary N) is 1. The smallest absolute Gasteiger partial charge is 0.193 e. The van der Waals surface area contributed by atoms with E-state index >= 15 is 0 Å². The summed E-state index contributed by atoms with van der Waals surface area (Å²) in [5, 5.41) is 3.07. The van der Waals surface area contributed by atoms with Crippen LogP contribution < -0.4 is 20.5 Å². The Morgan fingerprint density at radius 1 is 1.11 bits per heavy atom. The Hall–Kier alpha value is -2.75.